The molecule has 16 heavy (non-hydrogen) atoms. The maximum Gasteiger partial charge on any atom is 0.407 e. The Morgan fingerprint density at radius 1 is 1.62 bits per heavy atom. The molecule has 0 aliphatic carbocycles. The van der Waals surface area contributed by atoms with Crippen LogP contribution in [0.25, 0.3) is 11.0 Å². The summed E-state index contributed by atoms with van der Waals surface area (Å²) in [6.45, 7) is 0.291. The van der Waals surface area contributed by atoms with E-state index in [-0.39, 0.29) is 0 Å². The third-order valence-electron chi connectivity index (χ3n) is 2.08. The second-order valence-corrected chi connectivity index (χ2v) is 3.63. The fourth-order valence-corrected chi connectivity index (χ4v) is 1.52. The van der Waals surface area contributed by atoms with Crippen molar-refractivity contribution in [3.63, 3.8) is 0 Å². The third-order valence-corrected chi connectivity index (χ3v) is 2.31. The number of fused-ring (bicyclic) bond motifs is 1. The fourth-order valence-electron chi connectivity index (χ4n) is 1.35. The van der Waals surface area contributed by atoms with Gasteiger partial charge in [0.25, 0.3) is 0 Å². The van der Waals surface area contributed by atoms with Crippen LogP contribution in [0.15, 0.2) is 18.2 Å². The molecule has 2 aromatic rings. The van der Waals surface area contributed by atoms with Gasteiger partial charge in [-0.1, -0.05) is 11.6 Å². The molecule has 6 heteroatoms. The van der Waals surface area contributed by atoms with E-state index in [0.717, 1.165) is 11.0 Å². The lowest BCUT2D eigenvalue weighted by molar-refractivity contribution is 0.170. The van der Waals surface area contributed by atoms with Crippen molar-refractivity contribution in [3.8, 4) is 0 Å². The van der Waals surface area contributed by atoms with Crippen LogP contribution >= 0.6 is 11.6 Å². The SMILES string of the molecule is COC(=O)NCc1nc2ccc(Cl)cc2[nH]1. The van der Waals surface area contributed by atoms with Crippen LogP contribution in [0.4, 0.5) is 4.79 Å². The maximum absolute atomic E-state index is 10.9. The molecular formula is C10H10ClN3O2. The summed E-state index contributed by atoms with van der Waals surface area (Å²) in [5, 5.41) is 3.18. The van der Waals surface area contributed by atoms with Crippen LogP contribution in [0.1, 0.15) is 5.82 Å². The number of ether oxygens (including phenoxy) is 1. The average molecular weight is 240 g/mol. The van der Waals surface area contributed by atoms with E-state index >= 15 is 0 Å². The molecule has 0 atom stereocenters. The van der Waals surface area contributed by atoms with Crippen LogP contribution in [-0.2, 0) is 11.3 Å². The number of carbonyl (C=O) groups is 1. The van der Waals surface area contributed by atoms with Crippen molar-refractivity contribution >= 4 is 28.7 Å². The molecule has 0 saturated heterocycles. The van der Waals surface area contributed by atoms with Gasteiger partial charge in [-0.2, -0.15) is 0 Å². The van der Waals surface area contributed by atoms with Crippen LogP contribution < -0.4 is 5.32 Å². The highest BCUT2D eigenvalue weighted by Crippen LogP contribution is 2.16. The second kappa shape index (κ2) is 4.40. The number of amides is 1. The summed E-state index contributed by atoms with van der Waals surface area (Å²) in [6, 6.07) is 5.36. The van der Waals surface area contributed by atoms with Gasteiger partial charge < -0.3 is 15.0 Å². The van der Waals surface area contributed by atoms with Gasteiger partial charge in [0, 0.05) is 5.02 Å². The Kier molecular flexibility index (Phi) is 2.96. The van der Waals surface area contributed by atoms with E-state index in [2.05, 4.69) is 20.0 Å². The van der Waals surface area contributed by atoms with Gasteiger partial charge in [-0.25, -0.2) is 9.78 Å². The summed E-state index contributed by atoms with van der Waals surface area (Å²) in [5.41, 5.74) is 1.65. The van der Waals surface area contributed by atoms with Crippen LogP contribution in [0.5, 0.6) is 0 Å². The van der Waals surface area contributed by atoms with E-state index in [9.17, 15) is 4.79 Å². The molecule has 1 amide bonds. The number of halogens is 1. The Morgan fingerprint density at radius 2 is 2.44 bits per heavy atom. The predicted octanol–water partition coefficient (Wildman–Crippen LogP) is 2.07. The summed E-state index contributed by atoms with van der Waals surface area (Å²) in [7, 11) is 1.31. The molecular weight excluding hydrogens is 230 g/mol. The lowest BCUT2D eigenvalue weighted by Crippen LogP contribution is -2.22. The van der Waals surface area contributed by atoms with Crippen molar-refractivity contribution in [2.75, 3.05) is 7.11 Å². The number of methoxy groups -OCH3 is 1. The topological polar surface area (TPSA) is 67.0 Å². The van der Waals surface area contributed by atoms with Crippen molar-refractivity contribution in [2.45, 2.75) is 6.54 Å². The molecule has 0 saturated carbocycles. The number of carbonyl (C=O) groups excluding carboxylic acids is 1. The lowest BCUT2D eigenvalue weighted by atomic mass is 10.3. The Labute approximate surface area is 96.8 Å². The van der Waals surface area contributed by atoms with Gasteiger partial charge >= 0.3 is 6.09 Å². The lowest BCUT2D eigenvalue weighted by Gasteiger charge is -1.99. The molecule has 0 aliphatic rings. The van der Waals surface area contributed by atoms with E-state index in [1.54, 1.807) is 12.1 Å². The maximum atomic E-state index is 10.9. The van der Waals surface area contributed by atoms with Gasteiger partial charge in [0.1, 0.15) is 5.82 Å². The van der Waals surface area contributed by atoms with Gasteiger partial charge in [-0.15, -0.1) is 0 Å². The standard InChI is InChI=1S/C10H10ClN3O2/c1-16-10(15)12-5-9-13-7-3-2-6(11)4-8(7)14-9/h2-4H,5H2,1H3,(H,12,15)(H,13,14). The van der Waals surface area contributed by atoms with Gasteiger partial charge in [-0.05, 0) is 18.2 Å². The first-order chi connectivity index (χ1) is 7.69. The monoisotopic (exact) mass is 239 g/mol. The average Bonchev–Trinajstić information content (AvgIpc) is 2.67. The normalized spacial score (nSPS) is 10.4. The molecule has 1 heterocycles. The predicted molar refractivity (Wildman–Crippen MR) is 60.3 cm³/mol. The first kappa shape index (κ1) is 10.8. The molecule has 1 aromatic carbocycles. The number of rotatable bonds is 2. The Bertz CT molecular complexity index is 524. The zero-order chi connectivity index (χ0) is 11.5. The first-order valence-corrected chi connectivity index (χ1v) is 5.03. The number of alkyl carbamates (subject to hydrolysis) is 1. The largest absolute Gasteiger partial charge is 0.453 e. The number of nitrogens with zero attached hydrogens (tertiary/aromatic N) is 1. The Morgan fingerprint density at radius 3 is 3.19 bits per heavy atom. The number of aromatic nitrogens is 2. The highest BCUT2D eigenvalue weighted by molar-refractivity contribution is 6.31. The summed E-state index contributed by atoms with van der Waals surface area (Å²) in [6.07, 6.45) is -0.488. The van der Waals surface area contributed by atoms with E-state index in [1.807, 2.05) is 6.07 Å². The number of benzene rings is 1. The number of imidazole rings is 1. The number of aromatic amines is 1. The van der Waals surface area contributed by atoms with Gasteiger partial charge in [0.15, 0.2) is 0 Å². The fraction of sp³-hybridized carbons (Fsp3) is 0.200. The molecule has 0 radical (unpaired) electrons. The van der Waals surface area contributed by atoms with Crippen molar-refractivity contribution in [3.05, 3.63) is 29.0 Å². The van der Waals surface area contributed by atoms with Crippen molar-refractivity contribution in [2.24, 2.45) is 0 Å². The minimum absolute atomic E-state index is 0.291. The first-order valence-electron chi connectivity index (χ1n) is 4.65. The zero-order valence-electron chi connectivity index (χ0n) is 8.58. The number of nitrogens with one attached hydrogen (secondary N) is 2. The number of hydrogen-bond acceptors (Lipinski definition) is 3. The van der Waals surface area contributed by atoms with Gasteiger partial charge in [0.2, 0.25) is 0 Å². The molecule has 0 spiro atoms. The van der Waals surface area contributed by atoms with E-state index in [4.69, 9.17) is 11.6 Å². The molecule has 1 aromatic heterocycles. The highest BCUT2D eigenvalue weighted by Gasteiger charge is 2.04. The Hall–Kier alpha value is -1.75. The summed E-state index contributed by atoms with van der Waals surface area (Å²) in [5.74, 6) is 0.655. The van der Waals surface area contributed by atoms with Crippen LogP contribution in [0.2, 0.25) is 5.02 Å². The quantitative estimate of drug-likeness (QED) is 0.843. The minimum atomic E-state index is -0.488. The van der Waals surface area contributed by atoms with Crippen molar-refractivity contribution < 1.29 is 9.53 Å². The second-order valence-electron chi connectivity index (χ2n) is 3.19. The van der Waals surface area contributed by atoms with E-state index in [0.29, 0.717) is 17.4 Å². The smallest absolute Gasteiger partial charge is 0.407 e. The van der Waals surface area contributed by atoms with Crippen LogP contribution in [0, 0.1) is 0 Å². The summed E-state index contributed by atoms with van der Waals surface area (Å²) < 4.78 is 4.45. The van der Waals surface area contributed by atoms with Crippen molar-refractivity contribution in [1.82, 2.24) is 15.3 Å². The molecule has 0 aliphatic heterocycles. The zero-order valence-corrected chi connectivity index (χ0v) is 9.34. The summed E-state index contributed by atoms with van der Waals surface area (Å²) in [4.78, 5) is 18.2. The molecule has 0 bridgehead atoms. The van der Waals surface area contributed by atoms with Crippen molar-refractivity contribution in [1.29, 1.82) is 0 Å². The molecule has 0 unspecified atom stereocenters. The number of H-pyrrole nitrogens is 1. The summed E-state index contributed by atoms with van der Waals surface area (Å²) >= 11 is 5.84. The minimum Gasteiger partial charge on any atom is -0.453 e. The Balaban J connectivity index is 2.16. The van der Waals surface area contributed by atoms with Crippen LogP contribution in [0.3, 0.4) is 0 Å². The molecule has 2 N–H and O–H groups in total. The third kappa shape index (κ3) is 2.25. The highest BCUT2D eigenvalue weighted by atomic mass is 35.5. The number of hydrogen-bond donors (Lipinski definition) is 2. The van der Waals surface area contributed by atoms with Gasteiger partial charge in [0.05, 0.1) is 24.7 Å². The molecule has 0 fully saturated rings. The van der Waals surface area contributed by atoms with E-state index in [1.165, 1.54) is 7.11 Å². The molecule has 2 rings (SSSR count). The van der Waals surface area contributed by atoms with Gasteiger partial charge in [-0.3, -0.25) is 0 Å². The molecule has 84 valence electrons. The van der Waals surface area contributed by atoms with Crippen LogP contribution in [-0.4, -0.2) is 23.2 Å². The molecule has 5 nitrogen and oxygen atoms in total. The van der Waals surface area contributed by atoms with E-state index < -0.39 is 6.09 Å².